The topological polar surface area (TPSA) is 86.0 Å². The van der Waals surface area contributed by atoms with Gasteiger partial charge >= 0.3 is 5.97 Å². The van der Waals surface area contributed by atoms with Gasteiger partial charge in [-0.3, -0.25) is 4.57 Å². The van der Waals surface area contributed by atoms with Crippen molar-refractivity contribution >= 4 is 28.9 Å². The monoisotopic (exact) mass is 446 g/mol. The molecule has 32 heavy (non-hydrogen) atoms. The van der Waals surface area contributed by atoms with Gasteiger partial charge in [-0.05, 0) is 42.5 Å². The van der Waals surface area contributed by atoms with Crippen molar-refractivity contribution in [2.45, 2.75) is 12.8 Å². The highest BCUT2D eigenvalue weighted by Gasteiger charge is 2.27. The highest BCUT2D eigenvalue weighted by molar-refractivity contribution is 6.30. The van der Waals surface area contributed by atoms with E-state index in [1.54, 1.807) is 6.33 Å². The molecule has 2 aromatic heterocycles. The van der Waals surface area contributed by atoms with Gasteiger partial charge in [-0.25, -0.2) is 14.8 Å². The summed E-state index contributed by atoms with van der Waals surface area (Å²) >= 11 is 6.13. The van der Waals surface area contributed by atoms with Gasteiger partial charge in [-0.15, -0.1) is 10.2 Å². The van der Waals surface area contributed by atoms with Crippen LogP contribution in [0.4, 0.5) is 11.4 Å². The van der Waals surface area contributed by atoms with Crippen LogP contribution >= 0.6 is 11.6 Å². The van der Waals surface area contributed by atoms with Crippen LogP contribution in [0.3, 0.4) is 0 Å². The Kier molecular flexibility index (Phi) is 5.07. The Morgan fingerprint density at radius 1 is 1.09 bits per heavy atom. The second kappa shape index (κ2) is 8.05. The number of aromatic nitrogens is 5. The maximum Gasteiger partial charge on any atom is 0.341 e. The van der Waals surface area contributed by atoms with Crippen molar-refractivity contribution in [3.63, 3.8) is 0 Å². The molecule has 0 bridgehead atoms. The maximum absolute atomic E-state index is 11.7. The number of carbonyl (C=O) groups excluding carboxylic acids is 1. The number of methoxy groups -OCH3 is 1. The third-order valence-electron chi connectivity index (χ3n) is 5.47. The summed E-state index contributed by atoms with van der Waals surface area (Å²) in [5.74, 6) is 1.08. The molecule has 9 heteroatoms. The SMILES string of the molecule is COC(=O)c1cnc(-c2ccc3c(c2)N(c2ccc(Cl)cc2)CC(C)c2nncn2-3)nc1. The zero-order valence-corrected chi connectivity index (χ0v) is 18.2. The number of hydrogen-bond acceptors (Lipinski definition) is 7. The molecular formula is C23H19ClN6O2. The van der Waals surface area contributed by atoms with Crippen molar-refractivity contribution in [1.29, 1.82) is 0 Å². The number of rotatable bonds is 3. The molecule has 0 amide bonds. The van der Waals surface area contributed by atoms with Crippen LogP contribution in [0.2, 0.25) is 5.02 Å². The van der Waals surface area contributed by atoms with E-state index in [1.165, 1.54) is 19.5 Å². The van der Waals surface area contributed by atoms with Crippen LogP contribution in [0.1, 0.15) is 29.0 Å². The minimum absolute atomic E-state index is 0.139. The van der Waals surface area contributed by atoms with Crippen LogP contribution in [-0.2, 0) is 4.74 Å². The van der Waals surface area contributed by atoms with Gasteiger partial charge in [-0.2, -0.15) is 0 Å². The second-order valence-electron chi connectivity index (χ2n) is 7.54. The van der Waals surface area contributed by atoms with E-state index >= 15 is 0 Å². The van der Waals surface area contributed by atoms with Crippen LogP contribution < -0.4 is 4.90 Å². The van der Waals surface area contributed by atoms with E-state index in [0.29, 0.717) is 23.0 Å². The van der Waals surface area contributed by atoms with Gasteiger partial charge < -0.3 is 9.64 Å². The summed E-state index contributed by atoms with van der Waals surface area (Å²) in [5.41, 5.74) is 4.07. The molecule has 2 aromatic carbocycles. The molecule has 1 unspecified atom stereocenters. The number of carbonyl (C=O) groups is 1. The van der Waals surface area contributed by atoms with Gasteiger partial charge in [0, 0.05) is 41.1 Å². The van der Waals surface area contributed by atoms with E-state index in [2.05, 4.69) is 32.0 Å². The molecule has 0 saturated heterocycles. The first kappa shape index (κ1) is 20.1. The zero-order valence-electron chi connectivity index (χ0n) is 17.4. The van der Waals surface area contributed by atoms with E-state index < -0.39 is 5.97 Å². The fraction of sp³-hybridized carbons (Fsp3) is 0.174. The molecule has 0 saturated carbocycles. The van der Waals surface area contributed by atoms with Crippen LogP contribution in [-0.4, -0.2) is 44.4 Å². The zero-order chi connectivity index (χ0) is 22.2. The number of esters is 1. The Morgan fingerprint density at radius 3 is 2.56 bits per heavy atom. The van der Waals surface area contributed by atoms with Crippen molar-refractivity contribution in [1.82, 2.24) is 24.7 Å². The third-order valence-corrected chi connectivity index (χ3v) is 5.72. The molecule has 1 atom stereocenters. The van der Waals surface area contributed by atoms with Crippen LogP contribution in [0.15, 0.2) is 61.2 Å². The Bertz CT molecular complexity index is 1290. The van der Waals surface area contributed by atoms with E-state index in [1.807, 2.05) is 47.0 Å². The first-order valence-corrected chi connectivity index (χ1v) is 10.4. The summed E-state index contributed by atoms with van der Waals surface area (Å²) < 4.78 is 6.74. The molecule has 0 N–H and O–H groups in total. The standard InChI is InChI=1S/C23H19ClN6O2/c1-14-12-29(18-6-4-17(24)5-7-18)20-9-15(3-8-19(20)30-13-27-28-22(14)30)21-25-10-16(11-26-21)23(31)32-2/h3-11,13-14H,12H2,1-2H3. The van der Waals surface area contributed by atoms with Crippen LogP contribution in [0, 0.1) is 0 Å². The normalized spacial score (nSPS) is 15.0. The molecule has 3 heterocycles. The first-order valence-electron chi connectivity index (χ1n) is 10.0. The van der Waals surface area contributed by atoms with Crippen LogP contribution in [0.5, 0.6) is 0 Å². The number of anilines is 2. The van der Waals surface area contributed by atoms with Crippen molar-refractivity contribution < 1.29 is 9.53 Å². The molecular weight excluding hydrogens is 428 g/mol. The lowest BCUT2D eigenvalue weighted by Gasteiger charge is -2.27. The molecule has 160 valence electrons. The average Bonchev–Trinajstić information content (AvgIpc) is 3.28. The molecule has 0 aliphatic carbocycles. The summed E-state index contributed by atoms with van der Waals surface area (Å²) in [6.07, 6.45) is 4.67. The molecule has 0 radical (unpaired) electrons. The van der Waals surface area contributed by atoms with E-state index in [-0.39, 0.29) is 5.92 Å². The molecule has 8 nitrogen and oxygen atoms in total. The predicted molar refractivity (Wildman–Crippen MR) is 121 cm³/mol. The minimum Gasteiger partial charge on any atom is -0.465 e. The molecule has 1 aliphatic rings. The fourth-order valence-corrected chi connectivity index (χ4v) is 3.99. The Morgan fingerprint density at radius 2 is 1.84 bits per heavy atom. The fourth-order valence-electron chi connectivity index (χ4n) is 3.87. The van der Waals surface area contributed by atoms with Crippen molar-refractivity contribution in [2.24, 2.45) is 0 Å². The number of benzene rings is 2. The maximum atomic E-state index is 11.7. The lowest BCUT2D eigenvalue weighted by Crippen LogP contribution is -2.22. The van der Waals surface area contributed by atoms with Gasteiger partial charge in [0.2, 0.25) is 0 Å². The van der Waals surface area contributed by atoms with Gasteiger partial charge in [0.05, 0.1) is 24.0 Å². The van der Waals surface area contributed by atoms with Crippen molar-refractivity contribution in [3.8, 4) is 17.1 Å². The van der Waals surface area contributed by atoms with E-state index in [0.717, 1.165) is 28.5 Å². The highest BCUT2D eigenvalue weighted by Crippen LogP contribution is 2.39. The third kappa shape index (κ3) is 3.48. The largest absolute Gasteiger partial charge is 0.465 e. The van der Waals surface area contributed by atoms with Crippen molar-refractivity contribution in [2.75, 3.05) is 18.6 Å². The summed E-state index contributed by atoms with van der Waals surface area (Å²) in [4.78, 5) is 22.7. The quantitative estimate of drug-likeness (QED) is 0.430. The second-order valence-corrected chi connectivity index (χ2v) is 7.97. The predicted octanol–water partition coefficient (Wildman–Crippen LogP) is 4.42. The van der Waals surface area contributed by atoms with Gasteiger partial charge in [0.15, 0.2) is 5.82 Å². The Labute approximate surface area is 189 Å². The van der Waals surface area contributed by atoms with Crippen LogP contribution in [0.25, 0.3) is 17.1 Å². The lowest BCUT2D eigenvalue weighted by molar-refractivity contribution is 0.0600. The molecule has 0 spiro atoms. The Balaban J connectivity index is 1.64. The lowest BCUT2D eigenvalue weighted by atomic mass is 10.1. The minimum atomic E-state index is -0.471. The van der Waals surface area contributed by atoms with Gasteiger partial charge in [0.1, 0.15) is 12.2 Å². The summed E-state index contributed by atoms with van der Waals surface area (Å²) in [6.45, 7) is 2.84. The van der Waals surface area contributed by atoms with E-state index in [4.69, 9.17) is 16.3 Å². The first-order chi connectivity index (χ1) is 15.5. The number of nitrogens with zero attached hydrogens (tertiary/aromatic N) is 6. The average molecular weight is 447 g/mol. The van der Waals surface area contributed by atoms with Gasteiger partial charge in [-0.1, -0.05) is 18.5 Å². The molecule has 1 aliphatic heterocycles. The van der Waals surface area contributed by atoms with Crippen molar-refractivity contribution in [3.05, 3.63) is 77.6 Å². The summed E-state index contributed by atoms with van der Waals surface area (Å²) in [5, 5.41) is 9.16. The number of halogens is 1. The molecule has 5 rings (SSSR count). The van der Waals surface area contributed by atoms with Gasteiger partial charge in [0.25, 0.3) is 0 Å². The van der Waals surface area contributed by atoms with E-state index in [9.17, 15) is 4.79 Å². The number of ether oxygens (including phenoxy) is 1. The Hall–Kier alpha value is -3.78. The smallest absolute Gasteiger partial charge is 0.341 e. The number of hydrogen-bond donors (Lipinski definition) is 0. The molecule has 0 fully saturated rings. The molecule has 4 aromatic rings. The summed E-state index contributed by atoms with van der Waals surface area (Å²) in [6, 6.07) is 13.8. The number of fused-ring (bicyclic) bond motifs is 3. The summed E-state index contributed by atoms with van der Waals surface area (Å²) in [7, 11) is 1.33. The highest BCUT2D eigenvalue weighted by atomic mass is 35.5.